The lowest BCUT2D eigenvalue weighted by Crippen LogP contribution is -2.15. The molecular formula is C18H26. The SMILES string of the molecule is C=C(CCCCCC)C1CCc2ccccc2C1. The average Bonchev–Trinajstić information content (AvgIpc) is 2.43. The van der Waals surface area contributed by atoms with Crippen molar-refractivity contribution in [3.8, 4) is 0 Å². The minimum Gasteiger partial charge on any atom is -0.0996 e. The lowest BCUT2D eigenvalue weighted by Gasteiger charge is -2.26. The largest absolute Gasteiger partial charge is 0.0996 e. The van der Waals surface area contributed by atoms with Gasteiger partial charge in [-0.05, 0) is 49.1 Å². The Morgan fingerprint density at radius 2 is 1.94 bits per heavy atom. The van der Waals surface area contributed by atoms with Gasteiger partial charge in [-0.2, -0.15) is 0 Å². The van der Waals surface area contributed by atoms with Crippen molar-refractivity contribution in [3.05, 3.63) is 47.5 Å². The molecule has 0 N–H and O–H groups in total. The molecule has 1 aliphatic rings. The Bertz CT molecular complexity index is 389. The Morgan fingerprint density at radius 3 is 2.72 bits per heavy atom. The Balaban J connectivity index is 1.83. The summed E-state index contributed by atoms with van der Waals surface area (Å²) in [6.45, 7) is 6.62. The summed E-state index contributed by atoms with van der Waals surface area (Å²) in [7, 11) is 0. The molecule has 0 heteroatoms. The smallest absolute Gasteiger partial charge is 0.0162 e. The standard InChI is InChI=1S/C18H26/c1-3-4-5-6-9-15(2)17-13-12-16-10-7-8-11-18(16)14-17/h7-8,10-11,17H,2-6,9,12-14H2,1H3. The molecule has 0 bridgehead atoms. The number of hydrogen-bond donors (Lipinski definition) is 0. The first-order valence-electron chi connectivity index (χ1n) is 7.55. The first-order valence-corrected chi connectivity index (χ1v) is 7.55. The number of rotatable bonds is 6. The predicted molar refractivity (Wildman–Crippen MR) is 79.9 cm³/mol. The maximum absolute atomic E-state index is 4.35. The summed E-state index contributed by atoms with van der Waals surface area (Å²) in [6.07, 6.45) is 10.4. The fraction of sp³-hybridized carbons (Fsp3) is 0.556. The highest BCUT2D eigenvalue weighted by Crippen LogP contribution is 2.31. The summed E-state index contributed by atoms with van der Waals surface area (Å²) in [5.74, 6) is 0.738. The van der Waals surface area contributed by atoms with Gasteiger partial charge in [-0.15, -0.1) is 0 Å². The summed E-state index contributed by atoms with van der Waals surface area (Å²) in [6, 6.07) is 8.92. The number of unbranched alkanes of at least 4 members (excludes halogenated alkanes) is 3. The topological polar surface area (TPSA) is 0 Å². The van der Waals surface area contributed by atoms with Crippen LogP contribution in [0.4, 0.5) is 0 Å². The second kappa shape index (κ2) is 6.78. The zero-order chi connectivity index (χ0) is 12.8. The van der Waals surface area contributed by atoms with Crippen LogP contribution in [0.15, 0.2) is 36.4 Å². The van der Waals surface area contributed by atoms with Gasteiger partial charge in [-0.3, -0.25) is 0 Å². The molecule has 2 rings (SSSR count). The molecule has 0 saturated heterocycles. The summed E-state index contributed by atoms with van der Waals surface area (Å²) in [5.41, 5.74) is 4.62. The number of allylic oxidation sites excluding steroid dienone is 1. The van der Waals surface area contributed by atoms with Crippen LogP contribution >= 0.6 is 0 Å². The van der Waals surface area contributed by atoms with Crippen LogP contribution in [0.5, 0.6) is 0 Å². The monoisotopic (exact) mass is 242 g/mol. The van der Waals surface area contributed by atoms with E-state index in [1.165, 1.54) is 56.9 Å². The van der Waals surface area contributed by atoms with Gasteiger partial charge in [0, 0.05) is 0 Å². The molecule has 1 aromatic carbocycles. The van der Waals surface area contributed by atoms with E-state index >= 15 is 0 Å². The third-order valence-corrected chi connectivity index (χ3v) is 4.28. The molecule has 0 radical (unpaired) electrons. The quantitative estimate of drug-likeness (QED) is 0.468. The van der Waals surface area contributed by atoms with Crippen LogP contribution in [-0.2, 0) is 12.8 Å². The molecule has 0 aliphatic heterocycles. The van der Waals surface area contributed by atoms with Crippen molar-refractivity contribution in [2.24, 2.45) is 5.92 Å². The third-order valence-electron chi connectivity index (χ3n) is 4.28. The second-order valence-corrected chi connectivity index (χ2v) is 5.68. The second-order valence-electron chi connectivity index (χ2n) is 5.68. The molecule has 0 saturated carbocycles. The molecule has 0 fully saturated rings. The fourth-order valence-electron chi connectivity index (χ4n) is 3.03. The van der Waals surface area contributed by atoms with Crippen molar-refractivity contribution in [2.75, 3.05) is 0 Å². The van der Waals surface area contributed by atoms with Crippen LogP contribution in [0, 0.1) is 5.92 Å². The summed E-state index contributed by atoms with van der Waals surface area (Å²) < 4.78 is 0. The van der Waals surface area contributed by atoms with Crippen LogP contribution in [0.1, 0.15) is 56.6 Å². The van der Waals surface area contributed by atoms with Gasteiger partial charge in [0.1, 0.15) is 0 Å². The molecule has 0 nitrogen and oxygen atoms in total. The van der Waals surface area contributed by atoms with E-state index < -0.39 is 0 Å². The van der Waals surface area contributed by atoms with Crippen molar-refractivity contribution < 1.29 is 0 Å². The van der Waals surface area contributed by atoms with Gasteiger partial charge < -0.3 is 0 Å². The van der Waals surface area contributed by atoms with E-state index in [1.54, 1.807) is 11.1 Å². The molecule has 0 amide bonds. The molecule has 18 heavy (non-hydrogen) atoms. The first kappa shape index (κ1) is 13.4. The fourth-order valence-corrected chi connectivity index (χ4v) is 3.03. The molecule has 1 unspecified atom stereocenters. The van der Waals surface area contributed by atoms with Gasteiger partial charge in [0.05, 0.1) is 0 Å². The van der Waals surface area contributed by atoms with E-state index in [-0.39, 0.29) is 0 Å². The van der Waals surface area contributed by atoms with E-state index in [0.717, 1.165) is 5.92 Å². The Morgan fingerprint density at radius 1 is 1.17 bits per heavy atom. The van der Waals surface area contributed by atoms with Crippen molar-refractivity contribution in [1.29, 1.82) is 0 Å². The van der Waals surface area contributed by atoms with Crippen LogP contribution in [-0.4, -0.2) is 0 Å². The Labute approximate surface area is 112 Å². The van der Waals surface area contributed by atoms with Gasteiger partial charge in [0.25, 0.3) is 0 Å². The van der Waals surface area contributed by atoms with Crippen molar-refractivity contribution in [1.82, 2.24) is 0 Å². The van der Waals surface area contributed by atoms with Crippen LogP contribution in [0.3, 0.4) is 0 Å². The number of hydrogen-bond acceptors (Lipinski definition) is 0. The number of aryl methyl sites for hydroxylation is 1. The third kappa shape index (κ3) is 3.48. The van der Waals surface area contributed by atoms with Gasteiger partial charge in [-0.25, -0.2) is 0 Å². The number of benzene rings is 1. The molecule has 0 aromatic heterocycles. The molecule has 98 valence electrons. The lowest BCUT2D eigenvalue weighted by atomic mass is 9.79. The Kier molecular flexibility index (Phi) is 5.04. The Hall–Kier alpha value is -1.04. The van der Waals surface area contributed by atoms with Gasteiger partial charge in [-0.1, -0.05) is 62.6 Å². The predicted octanol–water partition coefficient (Wildman–Crippen LogP) is 5.32. The summed E-state index contributed by atoms with van der Waals surface area (Å²) in [5, 5.41) is 0. The van der Waals surface area contributed by atoms with E-state index in [9.17, 15) is 0 Å². The van der Waals surface area contributed by atoms with Crippen molar-refractivity contribution >= 4 is 0 Å². The number of fused-ring (bicyclic) bond motifs is 1. The minimum atomic E-state index is 0.738. The normalized spacial score (nSPS) is 18.4. The molecule has 1 aromatic rings. The van der Waals surface area contributed by atoms with E-state index in [2.05, 4.69) is 37.8 Å². The molecule has 0 spiro atoms. The lowest BCUT2D eigenvalue weighted by molar-refractivity contribution is 0.500. The highest BCUT2D eigenvalue weighted by molar-refractivity contribution is 5.31. The average molecular weight is 242 g/mol. The zero-order valence-corrected chi connectivity index (χ0v) is 11.8. The van der Waals surface area contributed by atoms with Gasteiger partial charge in [0.2, 0.25) is 0 Å². The minimum absolute atomic E-state index is 0.738. The molecule has 0 heterocycles. The van der Waals surface area contributed by atoms with Crippen LogP contribution in [0.2, 0.25) is 0 Å². The van der Waals surface area contributed by atoms with E-state index in [0.29, 0.717) is 0 Å². The highest BCUT2D eigenvalue weighted by atomic mass is 14.2. The van der Waals surface area contributed by atoms with E-state index in [4.69, 9.17) is 0 Å². The maximum Gasteiger partial charge on any atom is -0.0162 e. The van der Waals surface area contributed by atoms with Crippen LogP contribution in [0.25, 0.3) is 0 Å². The summed E-state index contributed by atoms with van der Waals surface area (Å²) >= 11 is 0. The van der Waals surface area contributed by atoms with Gasteiger partial charge in [0.15, 0.2) is 0 Å². The highest BCUT2D eigenvalue weighted by Gasteiger charge is 2.19. The zero-order valence-electron chi connectivity index (χ0n) is 11.8. The molecule has 1 atom stereocenters. The van der Waals surface area contributed by atoms with Crippen LogP contribution < -0.4 is 0 Å². The molecular weight excluding hydrogens is 216 g/mol. The maximum atomic E-state index is 4.35. The molecule has 1 aliphatic carbocycles. The van der Waals surface area contributed by atoms with E-state index in [1.807, 2.05) is 0 Å². The van der Waals surface area contributed by atoms with Crippen molar-refractivity contribution in [3.63, 3.8) is 0 Å². The van der Waals surface area contributed by atoms with Crippen molar-refractivity contribution in [2.45, 2.75) is 58.3 Å². The summed E-state index contributed by atoms with van der Waals surface area (Å²) in [4.78, 5) is 0. The first-order chi connectivity index (χ1) is 8.81. The van der Waals surface area contributed by atoms with Gasteiger partial charge >= 0.3 is 0 Å².